The van der Waals surface area contributed by atoms with Crippen molar-refractivity contribution in [2.24, 2.45) is 5.92 Å². The summed E-state index contributed by atoms with van der Waals surface area (Å²) >= 11 is 0. The first-order valence-corrected chi connectivity index (χ1v) is 9.01. The molecule has 2 atom stereocenters. The summed E-state index contributed by atoms with van der Waals surface area (Å²) in [7, 11) is 0. The molecule has 1 aromatic rings. The van der Waals surface area contributed by atoms with E-state index in [2.05, 4.69) is 9.97 Å². The first-order chi connectivity index (χ1) is 12.2. The van der Waals surface area contributed by atoms with E-state index in [4.69, 9.17) is 9.47 Å². The molecular weight excluding hydrogens is 324 g/mol. The third-order valence-corrected chi connectivity index (χ3v) is 5.26. The van der Waals surface area contributed by atoms with Crippen LogP contribution in [0.25, 0.3) is 0 Å². The Morgan fingerprint density at radius 1 is 1.16 bits per heavy atom. The maximum absolute atomic E-state index is 12.5. The first kappa shape index (κ1) is 16.5. The lowest BCUT2D eigenvalue weighted by atomic mass is 10.0. The zero-order chi connectivity index (χ0) is 17.2. The van der Waals surface area contributed by atoms with Gasteiger partial charge in [-0.05, 0) is 12.8 Å². The predicted octanol–water partition coefficient (Wildman–Crippen LogP) is -0.0411. The third kappa shape index (κ3) is 3.55. The van der Waals surface area contributed by atoms with E-state index >= 15 is 0 Å². The number of aromatic amines is 1. The van der Waals surface area contributed by atoms with Crippen LogP contribution < -0.4 is 10.5 Å². The quantitative estimate of drug-likeness (QED) is 0.825. The number of ether oxygens (including phenoxy) is 2. The molecule has 0 saturated carbocycles. The fourth-order valence-corrected chi connectivity index (χ4v) is 3.79. The Balaban J connectivity index is 1.47. The standard InChI is InChI=1S/C17H24N4O4/c22-15-9-14(18-17(19-15)20-4-7-24-8-5-20)12-1-3-21(10-12)16(23)13-2-6-25-11-13/h9,12-13H,1-8,10-11H2,(H,18,19,22)/t12-,13+/m1/s1. The molecule has 0 unspecified atom stereocenters. The normalized spacial score (nSPS) is 27.0. The summed E-state index contributed by atoms with van der Waals surface area (Å²) in [5, 5.41) is 0. The highest BCUT2D eigenvalue weighted by Crippen LogP contribution is 2.28. The van der Waals surface area contributed by atoms with Crippen LogP contribution in [0.3, 0.4) is 0 Å². The number of carbonyl (C=O) groups excluding carboxylic acids is 1. The molecule has 3 saturated heterocycles. The van der Waals surface area contributed by atoms with Gasteiger partial charge in [-0.15, -0.1) is 0 Å². The number of amides is 1. The van der Waals surface area contributed by atoms with E-state index in [0.717, 1.165) is 38.2 Å². The molecule has 3 aliphatic heterocycles. The van der Waals surface area contributed by atoms with Gasteiger partial charge >= 0.3 is 0 Å². The maximum atomic E-state index is 12.5. The number of H-pyrrole nitrogens is 1. The van der Waals surface area contributed by atoms with Crippen LogP contribution in [0.4, 0.5) is 5.95 Å². The van der Waals surface area contributed by atoms with E-state index in [-0.39, 0.29) is 23.3 Å². The monoisotopic (exact) mass is 348 g/mol. The highest BCUT2D eigenvalue weighted by Gasteiger charge is 2.34. The Hall–Kier alpha value is -1.93. The molecule has 8 nitrogen and oxygen atoms in total. The fraction of sp³-hybridized carbons (Fsp3) is 0.706. The second kappa shape index (κ2) is 7.13. The fourth-order valence-electron chi connectivity index (χ4n) is 3.79. The van der Waals surface area contributed by atoms with Crippen molar-refractivity contribution >= 4 is 11.9 Å². The largest absolute Gasteiger partial charge is 0.381 e. The average molecular weight is 348 g/mol. The number of likely N-dealkylation sites (tertiary alicyclic amines) is 1. The molecule has 1 amide bonds. The number of carbonyl (C=O) groups is 1. The molecule has 0 radical (unpaired) electrons. The van der Waals surface area contributed by atoms with E-state index in [9.17, 15) is 9.59 Å². The molecule has 4 heterocycles. The minimum atomic E-state index is -0.138. The van der Waals surface area contributed by atoms with Crippen LogP contribution >= 0.6 is 0 Å². The number of anilines is 1. The number of rotatable bonds is 3. The van der Waals surface area contributed by atoms with E-state index < -0.39 is 0 Å². The summed E-state index contributed by atoms with van der Waals surface area (Å²) in [6, 6.07) is 1.57. The van der Waals surface area contributed by atoms with Crippen LogP contribution in [0, 0.1) is 5.92 Å². The number of morpholine rings is 1. The lowest BCUT2D eigenvalue weighted by Crippen LogP contribution is -2.38. The van der Waals surface area contributed by atoms with Gasteiger partial charge in [0.15, 0.2) is 0 Å². The van der Waals surface area contributed by atoms with Crippen molar-refractivity contribution in [3.05, 3.63) is 22.1 Å². The highest BCUT2D eigenvalue weighted by atomic mass is 16.5. The molecule has 1 N–H and O–H groups in total. The molecular formula is C17H24N4O4. The predicted molar refractivity (Wildman–Crippen MR) is 90.8 cm³/mol. The maximum Gasteiger partial charge on any atom is 0.252 e. The second-order valence-corrected chi connectivity index (χ2v) is 6.92. The molecule has 3 aliphatic rings. The van der Waals surface area contributed by atoms with E-state index in [0.29, 0.717) is 38.9 Å². The Morgan fingerprint density at radius 3 is 2.76 bits per heavy atom. The Kier molecular flexibility index (Phi) is 4.72. The van der Waals surface area contributed by atoms with Crippen molar-refractivity contribution in [1.29, 1.82) is 0 Å². The van der Waals surface area contributed by atoms with E-state index in [1.807, 2.05) is 9.80 Å². The number of hydrogen-bond acceptors (Lipinski definition) is 6. The van der Waals surface area contributed by atoms with Gasteiger partial charge < -0.3 is 19.3 Å². The van der Waals surface area contributed by atoms with Crippen LogP contribution in [0.1, 0.15) is 24.5 Å². The minimum absolute atomic E-state index is 0.00482. The average Bonchev–Trinajstić information content (AvgIpc) is 3.33. The molecule has 4 rings (SSSR count). The van der Waals surface area contributed by atoms with Crippen molar-refractivity contribution in [2.75, 3.05) is 57.5 Å². The summed E-state index contributed by atoms with van der Waals surface area (Å²) in [6.07, 6.45) is 1.66. The van der Waals surface area contributed by atoms with Crippen molar-refractivity contribution in [3.63, 3.8) is 0 Å². The van der Waals surface area contributed by atoms with Crippen molar-refractivity contribution in [1.82, 2.24) is 14.9 Å². The number of nitrogens with one attached hydrogen (secondary N) is 1. The summed E-state index contributed by atoms with van der Waals surface area (Å²) in [4.78, 5) is 36.1. The third-order valence-electron chi connectivity index (χ3n) is 5.26. The van der Waals surface area contributed by atoms with Gasteiger partial charge in [-0.25, -0.2) is 4.98 Å². The molecule has 3 fully saturated rings. The molecule has 0 spiro atoms. The van der Waals surface area contributed by atoms with Crippen LogP contribution in [0.15, 0.2) is 10.9 Å². The number of aromatic nitrogens is 2. The lowest BCUT2D eigenvalue weighted by Gasteiger charge is -2.27. The van der Waals surface area contributed by atoms with E-state index in [1.165, 1.54) is 0 Å². The highest BCUT2D eigenvalue weighted by molar-refractivity contribution is 5.79. The summed E-state index contributed by atoms with van der Waals surface area (Å²) in [5.41, 5.74) is 0.642. The first-order valence-electron chi connectivity index (χ1n) is 9.01. The van der Waals surface area contributed by atoms with Gasteiger partial charge in [0, 0.05) is 44.8 Å². The van der Waals surface area contributed by atoms with Crippen molar-refractivity contribution in [2.45, 2.75) is 18.8 Å². The number of nitrogens with zero attached hydrogens (tertiary/aromatic N) is 3. The van der Waals surface area contributed by atoms with Crippen LogP contribution in [0.5, 0.6) is 0 Å². The summed E-state index contributed by atoms with van der Waals surface area (Å²) in [5.74, 6) is 0.904. The molecule has 1 aromatic heterocycles. The van der Waals surface area contributed by atoms with Crippen LogP contribution in [-0.4, -0.2) is 73.4 Å². The van der Waals surface area contributed by atoms with Crippen LogP contribution in [-0.2, 0) is 14.3 Å². The van der Waals surface area contributed by atoms with Gasteiger partial charge in [-0.2, -0.15) is 0 Å². The van der Waals surface area contributed by atoms with Gasteiger partial charge in [0.2, 0.25) is 11.9 Å². The zero-order valence-electron chi connectivity index (χ0n) is 14.3. The zero-order valence-corrected chi connectivity index (χ0v) is 14.3. The van der Waals surface area contributed by atoms with Crippen LogP contribution in [0.2, 0.25) is 0 Å². The summed E-state index contributed by atoms with van der Waals surface area (Å²) < 4.78 is 10.7. The van der Waals surface area contributed by atoms with Gasteiger partial charge in [0.1, 0.15) is 0 Å². The van der Waals surface area contributed by atoms with Gasteiger partial charge in [0.25, 0.3) is 5.56 Å². The lowest BCUT2D eigenvalue weighted by molar-refractivity contribution is -0.134. The smallest absolute Gasteiger partial charge is 0.252 e. The minimum Gasteiger partial charge on any atom is -0.381 e. The number of hydrogen-bond donors (Lipinski definition) is 1. The molecule has 0 aliphatic carbocycles. The molecule has 8 heteroatoms. The topological polar surface area (TPSA) is 87.8 Å². The Labute approximate surface area is 146 Å². The second-order valence-electron chi connectivity index (χ2n) is 6.92. The Bertz CT molecular complexity index is 679. The molecule has 0 aromatic carbocycles. The molecule has 25 heavy (non-hydrogen) atoms. The van der Waals surface area contributed by atoms with E-state index in [1.54, 1.807) is 6.07 Å². The van der Waals surface area contributed by atoms with Gasteiger partial charge in [-0.1, -0.05) is 0 Å². The van der Waals surface area contributed by atoms with Crippen molar-refractivity contribution in [3.8, 4) is 0 Å². The SMILES string of the molecule is O=C([C@H]1CCOC1)N1CC[C@@H](c2cc(=O)[nH]c(N3CCOCC3)n2)C1. The van der Waals surface area contributed by atoms with Gasteiger partial charge in [-0.3, -0.25) is 14.6 Å². The molecule has 136 valence electrons. The Morgan fingerprint density at radius 2 is 2.00 bits per heavy atom. The molecule has 0 bridgehead atoms. The summed E-state index contributed by atoms with van der Waals surface area (Å²) in [6.45, 7) is 5.30. The van der Waals surface area contributed by atoms with Gasteiger partial charge in [0.05, 0.1) is 31.4 Å². The van der Waals surface area contributed by atoms with Crippen molar-refractivity contribution < 1.29 is 14.3 Å².